The summed E-state index contributed by atoms with van der Waals surface area (Å²) in [4.78, 5) is 39.1. The van der Waals surface area contributed by atoms with Gasteiger partial charge in [-0.25, -0.2) is 9.48 Å². The van der Waals surface area contributed by atoms with Crippen molar-refractivity contribution in [2.75, 3.05) is 24.8 Å². The van der Waals surface area contributed by atoms with Crippen LogP contribution < -0.4 is 5.32 Å². The van der Waals surface area contributed by atoms with Crippen molar-refractivity contribution < 1.29 is 24.0 Å². The van der Waals surface area contributed by atoms with Gasteiger partial charge in [0, 0.05) is 17.8 Å². The van der Waals surface area contributed by atoms with E-state index in [1.54, 1.807) is 19.1 Å². The van der Waals surface area contributed by atoms with Crippen LogP contribution in [-0.2, 0) is 19.1 Å². The average molecular weight is 445 g/mol. The first-order valence-electron chi connectivity index (χ1n) is 9.02. The molecule has 2 aromatic rings. The fraction of sp³-hybridized carbons (Fsp3) is 0.263. The molecule has 0 saturated carbocycles. The van der Waals surface area contributed by atoms with E-state index in [1.807, 2.05) is 0 Å². The summed E-state index contributed by atoms with van der Waals surface area (Å²) in [5, 5.41) is 18.8. The van der Waals surface area contributed by atoms with Crippen LogP contribution in [0.5, 0.6) is 0 Å². The Labute approximate surface area is 181 Å². The first kappa shape index (κ1) is 22.0. The Kier molecular flexibility index (Phi) is 6.70. The monoisotopic (exact) mass is 445 g/mol. The van der Waals surface area contributed by atoms with Crippen molar-refractivity contribution in [3.05, 3.63) is 63.9 Å². The molecule has 0 aliphatic carbocycles. The second-order valence-corrected chi connectivity index (χ2v) is 7.27. The number of benzene rings is 1. The lowest BCUT2D eigenvalue weighted by atomic mass is 9.95. The molecule has 0 amide bonds. The molecule has 3 rings (SSSR count). The van der Waals surface area contributed by atoms with Gasteiger partial charge in [0.15, 0.2) is 0 Å². The number of fused-ring (bicyclic) bond motifs is 1. The first-order chi connectivity index (χ1) is 14.8. The van der Waals surface area contributed by atoms with Crippen molar-refractivity contribution in [3.8, 4) is 0 Å². The maximum absolute atomic E-state index is 12.8. The summed E-state index contributed by atoms with van der Waals surface area (Å²) >= 11 is 1.08. The summed E-state index contributed by atoms with van der Waals surface area (Å²) in [6.07, 6.45) is 1.45. The summed E-state index contributed by atoms with van der Waals surface area (Å²) in [7, 11) is 1.29. The van der Waals surface area contributed by atoms with E-state index in [4.69, 9.17) is 4.74 Å². The molecule has 0 fully saturated rings. The number of rotatable bonds is 8. The molecule has 1 aliphatic rings. The number of nitro benzene ring substituents is 1. The highest BCUT2D eigenvalue weighted by Gasteiger charge is 2.35. The van der Waals surface area contributed by atoms with Gasteiger partial charge in [-0.2, -0.15) is 4.98 Å². The van der Waals surface area contributed by atoms with Crippen molar-refractivity contribution in [2.24, 2.45) is 0 Å². The lowest BCUT2D eigenvalue weighted by molar-refractivity contribution is -0.384. The third-order valence-corrected chi connectivity index (χ3v) is 5.16. The Morgan fingerprint density at radius 2 is 2.10 bits per heavy atom. The fourth-order valence-electron chi connectivity index (χ4n) is 2.94. The molecule has 0 saturated heterocycles. The van der Waals surface area contributed by atoms with E-state index >= 15 is 0 Å². The summed E-state index contributed by atoms with van der Waals surface area (Å²) < 4.78 is 11.4. The van der Waals surface area contributed by atoms with Gasteiger partial charge in [-0.15, -0.1) is 5.10 Å². The van der Waals surface area contributed by atoms with E-state index in [0.29, 0.717) is 22.4 Å². The molecule has 162 valence electrons. The Bertz CT molecular complexity index is 1060. The number of thioether (sulfide) groups is 1. The molecule has 0 bridgehead atoms. The number of hydrogen-bond acceptors (Lipinski definition) is 10. The van der Waals surface area contributed by atoms with E-state index in [9.17, 15) is 19.7 Å². The van der Waals surface area contributed by atoms with Gasteiger partial charge in [0.25, 0.3) is 5.69 Å². The van der Waals surface area contributed by atoms with Crippen LogP contribution in [0.15, 0.2) is 53.3 Å². The molecule has 2 heterocycles. The predicted octanol–water partition coefficient (Wildman–Crippen LogP) is 2.47. The number of nitrogens with zero attached hydrogens (tertiary/aromatic N) is 4. The number of nitrogens with one attached hydrogen (secondary N) is 1. The highest BCUT2D eigenvalue weighted by atomic mass is 32.2. The molecule has 1 aliphatic heterocycles. The minimum atomic E-state index is -0.741. The van der Waals surface area contributed by atoms with Crippen LogP contribution >= 0.6 is 11.8 Å². The van der Waals surface area contributed by atoms with Crippen LogP contribution in [0.1, 0.15) is 18.5 Å². The van der Waals surface area contributed by atoms with Gasteiger partial charge in [0.2, 0.25) is 11.1 Å². The number of non-ortho nitro benzene ring substituents is 1. The maximum Gasteiger partial charge on any atom is 0.338 e. The van der Waals surface area contributed by atoms with E-state index < -0.39 is 22.9 Å². The lowest BCUT2D eigenvalue weighted by Crippen LogP contribution is -2.29. The number of allylic oxidation sites excluding steroid dienone is 1. The summed E-state index contributed by atoms with van der Waals surface area (Å²) in [5.41, 5.74) is 1.27. The summed E-state index contributed by atoms with van der Waals surface area (Å²) in [6.45, 7) is 5.26. The van der Waals surface area contributed by atoms with E-state index in [2.05, 4.69) is 26.7 Å². The Morgan fingerprint density at radius 1 is 1.39 bits per heavy atom. The zero-order valence-electron chi connectivity index (χ0n) is 16.7. The molecule has 31 heavy (non-hydrogen) atoms. The molecule has 1 aromatic carbocycles. The van der Waals surface area contributed by atoms with Crippen LogP contribution in [-0.4, -0.2) is 51.1 Å². The minimum absolute atomic E-state index is 0.0167. The molecular formula is C19H19N5O6S. The second-order valence-electron chi connectivity index (χ2n) is 6.33. The quantitative estimate of drug-likeness (QED) is 0.212. The van der Waals surface area contributed by atoms with Crippen molar-refractivity contribution in [1.82, 2.24) is 14.8 Å². The number of hydrogen-bond donors (Lipinski definition) is 1. The Hall–Kier alpha value is -3.67. The van der Waals surface area contributed by atoms with E-state index in [-0.39, 0.29) is 23.6 Å². The molecule has 1 N–H and O–H groups in total. The van der Waals surface area contributed by atoms with Crippen molar-refractivity contribution in [1.29, 1.82) is 0 Å². The van der Waals surface area contributed by atoms with Crippen molar-refractivity contribution in [3.63, 3.8) is 0 Å². The van der Waals surface area contributed by atoms with Crippen molar-refractivity contribution in [2.45, 2.75) is 18.1 Å². The van der Waals surface area contributed by atoms with Gasteiger partial charge in [-0.1, -0.05) is 24.4 Å². The average Bonchev–Trinajstić information content (AvgIpc) is 3.17. The molecule has 0 unspecified atom stereocenters. The zero-order chi connectivity index (χ0) is 22.5. The van der Waals surface area contributed by atoms with Gasteiger partial charge < -0.3 is 14.8 Å². The third-order valence-electron chi connectivity index (χ3n) is 4.35. The van der Waals surface area contributed by atoms with Crippen LogP contribution in [0.3, 0.4) is 0 Å². The fourth-order valence-corrected chi connectivity index (χ4v) is 3.60. The highest BCUT2D eigenvalue weighted by molar-refractivity contribution is 7.99. The molecule has 1 aromatic heterocycles. The lowest BCUT2D eigenvalue weighted by Gasteiger charge is -2.28. The summed E-state index contributed by atoms with van der Waals surface area (Å²) in [6, 6.07) is 5.06. The van der Waals surface area contributed by atoms with Gasteiger partial charge in [-0.05, 0) is 24.6 Å². The normalized spacial score (nSPS) is 15.0. The number of ether oxygens (including phenoxy) is 2. The topological polar surface area (TPSA) is 138 Å². The number of esters is 2. The minimum Gasteiger partial charge on any atom is -0.468 e. The standard InChI is InChI=1S/C19H19N5O6S/c1-4-9-30-17(26)15-11(2)20-18-21-19(31-10-14(25)29-3)22-23(18)16(15)12-5-7-13(8-6-12)24(27)28/h4-8,16H,1,9-10H2,2-3H3,(H,20,21,22)/t16-/m0/s1. The number of carbonyl (C=O) groups is 2. The Morgan fingerprint density at radius 3 is 2.71 bits per heavy atom. The molecule has 1 atom stereocenters. The number of aromatic nitrogens is 3. The first-order valence-corrected chi connectivity index (χ1v) is 10.0. The number of nitro groups is 1. The predicted molar refractivity (Wildman–Crippen MR) is 111 cm³/mol. The SMILES string of the molecule is C=CCOC(=O)C1=C(C)Nc2nc(SCC(=O)OC)nn2[C@H]1c1ccc([N+](=O)[O-])cc1. The number of carbonyl (C=O) groups excluding carboxylic acids is 2. The van der Waals surface area contributed by atoms with Crippen molar-refractivity contribution >= 4 is 35.3 Å². The van der Waals surface area contributed by atoms with Crippen LogP contribution in [0.4, 0.5) is 11.6 Å². The van der Waals surface area contributed by atoms with E-state index in [0.717, 1.165) is 11.8 Å². The van der Waals surface area contributed by atoms with Gasteiger partial charge in [0.1, 0.15) is 12.6 Å². The third kappa shape index (κ3) is 4.74. The molecule has 12 heteroatoms. The van der Waals surface area contributed by atoms with Crippen LogP contribution in [0, 0.1) is 10.1 Å². The number of methoxy groups -OCH3 is 1. The van der Waals surface area contributed by atoms with Crippen LogP contribution in [0.2, 0.25) is 0 Å². The molecule has 0 spiro atoms. The van der Waals surface area contributed by atoms with E-state index in [1.165, 1.54) is 30.0 Å². The summed E-state index contributed by atoms with van der Waals surface area (Å²) in [5.74, 6) is -0.643. The highest BCUT2D eigenvalue weighted by Crippen LogP contribution is 2.37. The van der Waals surface area contributed by atoms with Gasteiger partial charge in [0.05, 0.1) is 23.4 Å². The smallest absolute Gasteiger partial charge is 0.338 e. The Balaban J connectivity index is 2.03. The molecule has 11 nitrogen and oxygen atoms in total. The number of anilines is 1. The van der Waals surface area contributed by atoms with Crippen LogP contribution in [0.25, 0.3) is 0 Å². The zero-order valence-corrected chi connectivity index (χ0v) is 17.5. The maximum atomic E-state index is 12.8. The molecular weight excluding hydrogens is 426 g/mol. The van der Waals surface area contributed by atoms with Gasteiger partial charge in [-0.3, -0.25) is 14.9 Å². The van der Waals surface area contributed by atoms with Gasteiger partial charge >= 0.3 is 11.9 Å². The molecule has 0 radical (unpaired) electrons. The largest absolute Gasteiger partial charge is 0.468 e. The second kappa shape index (κ2) is 9.43.